The Morgan fingerprint density at radius 2 is 1.22 bits per heavy atom. The Bertz CT molecular complexity index is 1450. The van der Waals surface area contributed by atoms with Crippen LogP contribution in [-0.4, -0.2) is 98.9 Å². The highest BCUT2D eigenvalue weighted by molar-refractivity contribution is 5.94. The SMILES string of the molecule is C=CC(CC)(OC(CC)(CC)C(=O)C(C)OC(=O)C(C)O)C1CCCCC1OC(=O)OC(CC)(CCC)C1CCCCC1OC(C=CC)(CC)C(=O)C(C)OC(=O)C(C)O. The maximum absolute atomic E-state index is 14.3. The van der Waals surface area contributed by atoms with Gasteiger partial charge in [-0.1, -0.05) is 79.4 Å². The van der Waals surface area contributed by atoms with E-state index in [0.717, 1.165) is 25.7 Å². The Balaban J connectivity index is 2.51. The molecule has 0 heterocycles. The van der Waals surface area contributed by atoms with E-state index in [1.165, 1.54) is 27.7 Å². The van der Waals surface area contributed by atoms with Crippen molar-refractivity contribution in [2.75, 3.05) is 0 Å². The van der Waals surface area contributed by atoms with E-state index in [-0.39, 0.29) is 31.1 Å². The summed E-state index contributed by atoms with van der Waals surface area (Å²) < 4.78 is 37.4. The molecule has 2 rings (SSSR count). The van der Waals surface area contributed by atoms with Gasteiger partial charge in [-0.2, -0.15) is 0 Å². The van der Waals surface area contributed by atoms with Gasteiger partial charge in [-0.05, 0) is 111 Å². The smallest absolute Gasteiger partial charge is 0.453 e. The summed E-state index contributed by atoms with van der Waals surface area (Å²) in [5, 5.41) is 19.5. The molecule has 2 aliphatic carbocycles. The molecule has 2 N–H and O–H groups in total. The van der Waals surface area contributed by atoms with Crippen molar-refractivity contribution in [3.63, 3.8) is 0 Å². The first-order valence-corrected chi connectivity index (χ1v) is 22.7. The molecule has 0 aliphatic heterocycles. The highest BCUT2D eigenvalue weighted by atomic mass is 16.7. The van der Waals surface area contributed by atoms with Gasteiger partial charge in [0.1, 0.15) is 35.1 Å². The summed E-state index contributed by atoms with van der Waals surface area (Å²) in [6.07, 6.45) is 6.88. The highest BCUT2D eigenvalue weighted by Crippen LogP contribution is 2.47. The third-order valence-electron chi connectivity index (χ3n) is 13.1. The van der Waals surface area contributed by atoms with Crippen molar-refractivity contribution in [1.29, 1.82) is 0 Å². The summed E-state index contributed by atoms with van der Waals surface area (Å²) in [6, 6.07) is 0. The first kappa shape index (κ1) is 53.0. The summed E-state index contributed by atoms with van der Waals surface area (Å²) >= 11 is 0. The van der Waals surface area contributed by atoms with Crippen LogP contribution in [0.3, 0.4) is 0 Å². The molecule has 0 aromatic rings. The molecule has 11 atom stereocenters. The maximum atomic E-state index is 14.3. The van der Waals surface area contributed by atoms with Gasteiger partial charge in [0.25, 0.3) is 0 Å². The van der Waals surface area contributed by atoms with E-state index in [1.807, 2.05) is 41.5 Å². The second kappa shape index (κ2) is 23.9. The van der Waals surface area contributed by atoms with Crippen molar-refractivity contribution >= 4 is 29.7 Å². The lowest BCUT2D eigenvalue weighted by atomic mass is 9.71. The third-order valence-corrected chi connectivity index (χ3v) is 13.1. The molecule has 60 heavy (non-hydrogen) atoms. The minimum atomic E-state index is -1.44. The molecular weight excluding hydrogens is 773 g/mol. The topological polar surface area (TPSA) is 181 Å². The summed E-state index contributed by atoms with van der Waals surface area (Å²) in [6.45, 7) is 23.0. The number of rotatable bonds is 25. The van der Waals surface area contributed by atoms with Crippen LogP contribution in [0.4, 0.5) is 4.79 Å². The predicted molar refractivity (Wildman–Crippen MR) is 228 cm³/mol. The number of ether oxygens (including phenoxy) is 6. The van der Waals surface area contributed by atoms with Crippen LogP contribution in [-0.2, 0) is 47.6 Å². The number of hydrogen-bond acceptors (Lipinski definition) is 13. The molecule has 2 aliphatic rings. The number of aliphatic hydroxyl groups is 2. The Morgan fingerprint density at radius 3 is 1.67 bits per heavy atom. The molecule has 13 heteroatoms. The van der Waals surface area contributed by atoms with Crippen LogP contribution in [0, 0.1) is 11.8 Å². The molecule has 344 valence electrons. The van der Waals surface area contributed by atoms with Crippen molar-refractivity contribution in [2.45, 2.75) is 232 Å². The number of hydrogen-bond donors (Lipinski definition) is 2. The molecule has 13 nitrogen and oxygen atoms in total. The molecule has 2 saturated carbocycles. The Kier molecular flexibility index (Phi) is 21.1. The fourth-order valence-corrected chi connectivity index (χ4v) is 9.56. The summed E-state index contributed by atoms with van der Waals surface area (Å²) in [7, 11) is 0. The molecule has 0 spiro atoms. The van der Waals surface area contributed by atoms with E-state index in [9.17, 15) is 34.2 Å². The van der Waals surface area contributed by atoms with E-state index in [0.29, 0.717) is 51.4 Å². The summed E-state index contributed by atoms with van der Waals surface area (Å²) in [5.41, 5.74) is -4.89. The summed E-state index contributed by atoms with van der Waals surface area (Å²) in [5.74, 6) is -3.34. The van der Waals surface area contributed by atoms with Crippen molar-refractivity contribution < 1.29 is 62.6 Å². The minimum Gasteiger partial charge on any atom is -0.453 e. The molecule has 0 aromatic heterocycles. The van der Waals surface area contributed by atoms with Crippen LogP contribution >= 0.6 is 0 Å². The van der Waals surface area contributed by atoms with Gasteiger partial charge in [0, 0.05) is 11.8 Å². The Morgan fingerprint density at radius 1 is 0.700 bits per heavy atom. The van der Waals surface area contributed by atoms with Gasteiger partial charge in [0.05, 0.1) is 11.7 Å². The second-order valence-electron chi connectivity index (χ2n) is 16.9. The molecule has 0 radical (unpaired) electrons. The zero-order chi connectivity index (χ0) is 45.5. The number of aliphatic hydroxyl groups excluding tert-OH is 2. The van der Waals surface area contributed by atoms with E-state index in [1.54, 1.807) is 25.2 Å². The van der Waals surface area contributed by atoms with Crippen LogP contribution in [0.2, 0.25) is 0 Å². The Hall–Kier alpha value is -3.13. The fourth-order valence-electron chi connectivity index (χ4n) is 9.56. The normalized spacial score (nSPS) is 24.9. The predicted octanol–water partition coefficient (Wildman–Crippen LogP) is 8.62. The lowest BCUT2D eigenvalue weighted by Gasteiger charge is -2.49. The monoisotopic (exact) mass is 851 g/mol. The number of ketones is 2. The molecule has 2 fully saturated rings. The number of esters is 2. The van der Waals surface area contributed by atoms with Gasteiger partial charge in [-0.15, -0.1) is 6.58 Å². The van der Waals surface area contributed by atoms with Crippen LogP contribution in [0.1, 0.15) is 172 Å². The van der Waals surface area contributed by atoms with Gasteiger partial charge < -0.3 is 38.6 Å². The van der Waals surface area contributed by atoms with Crippen molar-refractivity contribution in [1.82, 2.24) is 0 Å². The number of Topliss-reactive ketones (excluding diaryl/α,β-unsaturated/α-hetero) is 2. The standard InChI is InChI=1S/C47H78O13/c1-13-29-46(19-7,36-26-22-24-28-38(36)58-47(20-8,30-14-2)40(51)34(12)56-42(53)32(10)49)59-43(54)57-37-27-23-21-25-35(37)44(15-3,16-4)60-45(17-5,18-6)39(50)33(11)55-41(52)31(9)48/h14-15,30-38,48-49H,3,13,16-29H2,1-2,4-12H3. The molecular formula is C47H78O13. The van der Waals surface area contributed by atoms with Crippen molar-refractivity contribution in [3.8, 4) is 0 Å². The van der Waals surface area contributed by atoms with Gasteiger partial charge in [0.2, 0.25) is 11.6 Å². The number of carbonyl (C=O) groups is 5. The molecule has 0 amide bonds. The van der Waals surface area contributed by atoms with E-state index in [2.05, 4.69) is 6.58 Å². The van der Waals surface area contributed by atoms with Gasteiger partial charge in [-0.25, -0.2) is 14.4 Å². The molecule has 0 bridgehead atoms. The number of allylic oxidation sites excluding steroid dienone is 1. The fraction of sp³-hybridized carbons (Fsp3) is 0.809. The van der Waals surface area contributed by atoms with Crippen LogP contribution in [0.15, 0.2) is 24.8 Å². The lowest BCUT2D eigenvalue weighted by Crippen LogP contribution is -2.57. The van der Waals surface area contributed by atoms with E-state index < -0.39 is 88.7 Å². The maximum Gasteiger partial charge on any atom is 0.509 e. The molecule has 11 unspecified atom stereocenters. The highest BCUT2D eigenvalue weighted by Gasteiger charge is 2.53. The quantitative estimate of drug-likeness (QED) is 0.0507. The van der Waals surface area contributed by atoms with Crippen molar-refractivity contribution in [2.24, 2.45) is 11.8 Å². The minimum absolute atomic E-state index is 0.258. The molecule has 0 saturated heterocycles. The number of carbonyl (C=O) groups excluding carboxylic acids is 5. The largest absolute Gasteiger partial charge is 0.509 e. The average Bonchev–Trinajstić information content (AvgIpc) is 3.23. The van der Waals surface area contributed by atoms with Crippen LogP contribution in [0.5, 0.6) is 0 Å². The van der Waals surface area contributed by atoms with Crippen LogP contribution in [0.25, 0.3) is 0 Å². The van der Waals surface area contributed by atoms with Gasteiger partial charge >= 0.3 is 18.1 Å². The van der Waals surface area contributed by atoms with Crippen LogP contribution < -0.4 is 0 Å². The molecule has 0 aromatic carbocycles. The summed E-state index contributed by atoms with van der Waals surface area (Å²) in [4.78, 5) is 67.0. The van der Waals surface area contributed by atoms with Crippen molar-refractivity contribution in [3.05, 3.63) is 24.8 Å². The zero-order valence-corrected chi connectivity index (χ0v) is 38.5. The second-order valence-corrected chi connectivity index (χ2v) is 16.9. The zero-order valence-electron chi connectivity index (χ0n) is 38.5. The average molecular weight is 851 g/mol. The first-order valence-electron chi connectivity index (χ1n) is 22.7. The Labute approximate surface area is 359 Å². The van der Waals surface area contributed by atoms with Gasteiger partial charge in [-0.3, -0.25) is 9.59 Å². The van der Waals surface area contributed by atoms with Gasteiger partial charge in [0.15, 0.2) is 12.2 Å². The first-order chi connectivity index (χ1) is 28.3. The third kappa shape index (κ3) is 12.5. The lowest BCUT2D eigenvalue weighted by molar-refractivity contribution is -0.204. The van der Waals surface area contributed by atoms with E-state index >= 15 is 0 Å². The van der Waals surface area contributed by atoms with E-state index in [4.69, 9.17) is 28.4 Å².